The fourth-order valence-corrected chi connectivity index (χ4v) is 4.76. The number of hydrogen-bond acceptors (Lipinski definition) is 5. The largest absolute Gasteiger partial charge is 0.357 e. The fourth-order valence-electron chi connectivity index (χ4n) is 4.76. The second kappa shape index (κ2) is 11.9. The van der Waals surface area contributed by atoms with Gasteiger partial charge < -0.3 is 24.6 Å². The molecule has 10 nitrogen and oxygen atoms in total. The molecule has 39 heavy (non-hydrogen) atoms. The zero-order valence-corrected chi connectivity index (χ0v) is 23.2. The Hall–Kier alpha value is -3.89. The summed E-state index contributed by atoms with van der Waals surface area (Å²) in [5.41, 5.74) is 3.54. The average molecular weight is 552 g/mol. The maximum absolute atomic E-state index is 12.9. The molecule has 0 bridgehead atoms. The second-order valence-corrected chi connectivity index (χ2v) is 10.0. The minimum Gasteiger partial charge on any atom is -0.357 e. The van der Waals surface area contributed by atoms with Gasteiger partial charge in [-0.05, 0) is 49.2 Å². The van der Waals surface area contributed by atoms with Crippen LogP contribution in [0.15, 0.2) is 48.7 Å². The molecule has 2 aliphatic rings. The number of para-hydroxylation sites is 1. The van der Waals surface area contributed by atoms with Gasteiger partial charge in [-0.2, -0.15) is 0 Å². The van der Waals surface area contributed by atoms with Crippen LogP contribution in [0.1, 0.15) is 29.8 Å². The molecule has 1 fully saturated rings. The SMILES string of the molecule is CC(c1cc2ccccc2[nH]1)N(C)C(=O)/C=C/c1cnc2c(c1)CN(CC(=O)N1CCN(C)CC1)C(=O)N2.Cl. The summed E-state index contributed by atoms with van der Waals surface area (Å²) in [6, 6.07) is 11.5. The Kier molecular flexibility index (Phi) is 8.57. The average Bonchev–Trinajstić information content (AvgIpc) is 3.36. The number of aromatic nitrogens is 2. The molecule has 0 spiro atoms. The first-order valence-electron chi connectivity index (χ1n) is 12.8. The molecule has 206 valence electrons. The monoisotopic (exact) mass is 551 g/mol. The topological polar surface area (TPSA) is 105 Å². The maximum Gasteiger partial charge on any atom is 0.323 e. The molecule has 2 N–H and O–H groups in total. The summed E-state index contributed by atoms with van der Waals surface area (Å²) >= 11 is 0. The quantitative estimate of drug-likeness (QED) is 0.457. The van der Waals surface area contributed by atoms with Crippen molar-refractivity contribution in [1.29, 1.82) is 0 Å². The molecule has 4 heterocycles. The lowest BCUT2D eigenvalue weighted by Gasteiger charge is -2.35. The highest BCUT2D eigenvalue weighted by atomic mass is 35.5. The van der Waals surface area contributed by atoms with Crippen molar-refractivity contribution in [3.05, 3.63) is 65.5 Å². The number of nitrogens with zero attached hydrogens (tertiary/aromatic N) is 5. The highest BCUT2D eigenvalue weighted by molar-refractivity contribution is 5.95. The number of fused-ring (bicyclic) bond motifs is 2. The van der Waals surface area contributed by atoms with Crippen molar-refractivity contribution in [2.24, 2.45) is 0 Å². The zero-order valence-electron chi connectivity index (χ0n) is 22.4. The van der Waals surface area contributed by atoms with E-state index < -0.39 is 0 Å². The lowest BCUT2D eigenvalue weighted by Crippen LogP contribution is -2.51. The Morgan fingerprint density at radius 3 is 2.64 bits per heavy atom. The first-order chi connectivity index (χ1) is 18.3. The Morgan fingerprint density at radius 2 is 1.90 bits per heavy atom. The third-order valence-corrected chi connectivity index (χ3v) is 7.39. The molecule has 5 rings (SSSR count). The number of pyridine rings is 1. The molecule has 1 unspecified atom stereocenters. The number of carbonyl (C=O) groups is 3. The Balaban J connectivity index is 0.00000353. The number of anilines is 1. The van der Waals surface area contributed by atoms with E-state index in [0.29, 0.717) is 18.9 Å². The smallest absolute Gasteiger partial charge is 0.323 e. The molecule has 4 amide bonds. The summed E-state index contributed by atoms with van der Waals surface area (Å²) in [6.07, 6.45) is 4.87. The van der Waals surface area contributed by atoms with E-state index in [1.165, 1.54) is 11.0 Å². The Morgan fingerprint density at radius 1 is 1.15 bits per heavy atom. The van der Waals surface area contributed by atoms with Gasteiger partial charge >= 0.3 is 6.03 Å². The van der Waals surface area contributed by atoms with Crippen LogP contribution in [0.25, 0.3) is 17.0 Å². The van der Waals surface area contributed by atoms with Crippen LogP contribution in [-0.2, 0) is 16.1 Å². The lowest BCUT2D eigenvalue weighted by molar-refractivity contribution is -0.133. The van der Waals surface area contributed by atoms with E-state index in [1.54, 1.807) is 29.1 Å². The van der Waals surface area contributed by atoms with Crippen molar-refractivity contribution in [3.8, 4) is 0 Å². The van der Waals surface area contributed by atoms with E-state index in [4.69, 9.17) is 0 Å². The summed E-state index contributed by atoms with van der Waals surface area (Å²) in [7, 11) is 3.81. The molecule has 1 saturated heterocycles. The van der Waals surface area contributed by atoms with Crippen LogP contribution in [0.3, 0.4) is 0 Å². The van der Waals surface area contributed by atoms with Gasteiger partial charge in [0.05, 0.1) is 12.6 Å². The van der Waals surface area contributed by atoms with Crippen molar-refractivity contribution >= 4 is 53.0 Å². The summed E-state index contributed by atoms with van der Waals surface area (Å²) in [6.45, 7) is 5.27. The summed E-state index contributed by atoms with van der Waals surface area (Å²) < 4.78 is 0. The Labute approximate surface area is 234 Å². The van der Waals surface area contributed by atoms with E-state index in [1.807, 2.05) is 44.3 Å². The first-order valence-corrected chi connectivity index (χ1v) is 12.8. The predicted molar refractivity (Wildman–Crippen MR) is 154 cm³/mol. The van der Waals surface area contributed by atoms with Crippen LogP contribution in [0, 0.1) is 0 Å². The van der Waals surface area contributed by atoms with E-state index in [-0.39, 0.29) is 49.4 Å². The molecular formula is C28H34ClN7O3. The van der Waals surface area contributed by atoms with E-state index >= 15 is 0 Å². The van der Waals surface area contributed by atoms with Crippen LogP contribution in [-0.4, -0.2) is 94.2 Å². The van der Waals surface area contributed by atoms with Crippen LogP contribution in [0.5, 0.6) is 0 Å². The summed E-state index contributed by atoms with van der Waals surface area (Å²) in [4.78, 5) is 53.2. The molecule has 11 heteroatoms. The zero-order chi connectivity index (χ0) is 26.8. The molecule has 1 aromatic carbocycles. The van der Waals surface area contributed by atoms with Gasteiger partial charge in [-0.25, -0.2) is 9.78 Å². The minimum atomic E-state index is -0.335. The number of likely N-dealkylation sites (N-methyl/N-ethyl adjacent to an activating group) is 2. The van der Waals surface area contributed by atoms with Gasteiger partial charge in [0.2, 0.25) is 11.8 Å². The molecule has 2 aliphatic heterocycles. The molecule has 1 atom stereocenters. The van der Waals surface area contributed by atoms with Crippen molar-refractivity contribution in [3.63, 3.8) is 0 Å². The highest BCUT2D eigenvalue weighted by Gasteiger charge is 2.28. The number of H-pyrrole nitrogens is 1. The normalized spacial score (nSPS) is 16.5. The lowest BCUT2D eigenvalue weighted by atomic mass is 10.1. The third-order valence-electron chi connectivity index (χ3n) is 7.39. The maximum atomic E-state index is 12.9. The number of amides is 4. The molecule has 3 aromatic rings. The van der Waals surface area contributed by atoms with Gasteiger partial charge in [-0.15, -0.1) is 12.4 Å². The van der Waals surface area contributed by atoms with Crippen molar-refractivity contribution < 1.29 is 14.4 Å². The first kappa shape index (κ1) is 28.1. The number of urea groups is 1. The molecule has 0 saturated carbocycles. The van der Waals surface area contributed by atoms with E-state index in [0.717, 1.165) is 40.8 Å². The highest BCUT2D eigenvalue weighted by Crippen LogP contribution is 2.25. The number of carbonyl (C=O) groups excluding carboxylic acids is 3. The Bertz CT molecular complexity index is 1360. The number of piperazine rings is 1. The third kappa shape index (κ3) is 6.23. The van der Waals surface area contributed by atoms with Gasteiger partial charge in [-0.3, -0.25) is 14.9 Å². The minimum absolute atomic E-state index is 0. The van der Waals surface area contributed by atoms with Crippen LogP contribution < -0.4 is 5.32 Å². The number of halogens is 1. The standard InChI is InChI=1S/C28H33N7O3.ClH/c1-19(24-15-21-6-4-5-7-23(21)30-24)33(3)25(36)9-8-20-14-22-17-35(28(38)31-27(22)29-16-20)18-26(37)34-12-10-32(2)11-13-34;/h4-9,14-16,19,30H,10-13,17-18H2,1-3H3,(H,29,31,38);1H/b9-8+;. The van der Waals surface area contributed by atoms with Gasteiger partial charge in [0.15, 0.2) is 0 Å². The second-order valence-electron chi connectivity index (χ2n) is 10.0. The number of nitrogens with one attached hydrogen (secondary N) is 2. The van der Waals surface area contributed by atoms with Crippen LogP contribution >= 0.6 is 12.4 Å². The number of hydrogen-bond donors (Lipinski definition) is 2. The summed E-state index contributed by atoms with van der Waals surface area (Å²) in [5, 5.41) is 3.88. The van der Waals surface area contributed by atoms with Gasteiger partial charge in [0, 0.05) is 62.3 Å². The van der Waals surface area contributed by atoms with Gasteiger partial charge in [0.25, 0.3) is 0 Å². The van der Waals surface area contributed by atoms with Crippen molar-refractivity contribution in [1.82, 2.24) is 29.6 Å². The van der Waals surface area contributed by atoms with Crippen LogP contribution in [0.4, 0.5) is 10.6 Å². The molecule has 0 aliphatic carbocycles. The van der Waals surface area contributed by atoms with Gasteiger partial charge in [-0.1, -0.05) is 18.2 Å². The van der Waals surface area contributed by atoms with Crippen LogP contribution in [0.2, 0.25) is 0 Å². The van der Waals surface area contributed by atoms with E-state index in [2.05, 4.69) is 26.3 Å². The van der Waals surface area contributed by atoms with Crippen molar-refractivity contribution in [2.75, 3.05) is 52.1 Å². The molecule has 0 radical (unpaired) electrons. The van der Waals surface area contributed by atoms with Crippen molar-refractivity contribution in [2.45, 2.75) is 19.5 Å². The number of benzene rings is 1. The van der Waals surface area contributed by atoms with E-state index in [9.17, 15) is 14.4 Å². The molecule has 2 aromatic heterocycles. The predicted octanol–water partition coefficient (Wildman–Crippen LogP) is 3.34. The number of rotatable bonds is 6. The number of aromatic amines is 1. The molecular weight excluding hydrogens is 518 g/mol. The fraction of sp³-hybridized carbons (Fsp3) is 0.357. The summed E-state index contributed by atoms with van der Waals surface area (Å²) in [5.74, 6) is 0.284. The van der Waals surface area contributed by atoms with Gasteiger partial charge in [0.1, 0.15) is 12.4 Å².